The smallest absolute Gasteiger partial charge is 0.0276 e. The van der Waals surface area contributed by atoms with E-state index in [4.69, 9.17) is 0 Å². The molecular weight excluding hydrogens is 544 g/mol. The van der Waals surface area contributed by atoms with Crippen LogP contribution in [-0.4, -0.2) is 0 Å². The van der Waals surface area contributed by atoms with Gasteiger partial charge in [-0.15, -0.1) is 0 Å². The van der Waals surface area contributed by atoms with Gasteiger partial charge in [-0.05, 0) is 101 Å². The van der Waals surface area contributed by atoms with Crippen molar-refractivity contribution in [2.24, 2.45) is 0 Å². The molecule has 3 aromatic rings. The second kappa shape index (κ2) is 16.3. The van der Waals surface area contributed by atoms with Crippen LogP contribution in [0.3, 0.4) is 0 Å². The van der Waals surface area contributed by atoms with Crippen LogP contribution in [0.25, 0.3) is 0 Å². The van der Waals surface area contributed by atoms with Crippen molar-refractivity contribution in [1.82, 2.24) is 0 Å². The molecule has 0 atom stereocenters. The summed E-state index contributed by atoms with van der Waals surface area (Å²) >= 11 is 0. The highest BCUT2D eigenvalue weighted by Gasteiger charge is 2.04. The molecule has 0 aromatic heterocycles. The predicted octanol–water partition coefficient (Wildman–Crippen LogP) is 2.84. The summed E-state index contributed by atoms with van der Waals surface area (Å²) in [6.07, 6.45) is 12.7. The average molecular weight is 586 g/mol. The number of hydrogen-bond donors (Lipinski definition) is 0. The van der Waals surface area contributed by atoms with Crippen LogP contribution < -0.4 is 34.0 Å². The van der Waals surface area contributed by atoms with Crippen molar-refractivity contribution in [2.75, 3.05) is 0 Å². The number of halogens is 2. The quantitative estimate of drug-likeness (QED) is 0.287. The zero-order chi connectivity index (χ0) is 22.8. The molecule has 0 unspecified atom stereocenters. The molecule has 0 radical (unpaired) electrons. The number of rotatable bonds is 12. The molecule has 0 bridgehead atoms. The van der Waals surface area contributed by atoms with Gasteiger partial charge in [-0.1, -0.05) is 95.8 Å². The summed E-state index contributed by atoms with van der Waals surface area (Å²) in [7, 11) is 0. The molecule has 2 heteroatoms. The highest BCUT2D eigenvalue weighted by molar-refractivity contribution is 5.30. The minimum absolute atomic E-state index is 0. The first-order valence-corrected chi connectivity index (χ1v) is 12.7. The van der Waals surface area contributed by atoms with Crippen molar-refractivity contribution in [3.8, 4) is 0 Å². The average Bonchev–Trinajstić information content (AvgIpc) is 2.73. The van der Waals surface area contributed by atoms with Gasteiger partial charge >= 0.3 is 0 Å². The van der Waals surface area contributed by atoms with Crippen molar-refractivity contribution in [3.63, 3.8) is 0 Å². The number of unbranched alkanes of at least 4 members (excludes halogenated alkanes) is 4. The molecule has 0 saturated carbocycles. The van der Waals surface area contributed by atoms with Gasteiger partial charge < -0.3 is 34.0 Å². The molecule has 0 saturated heterocycles. The van der Waals surface area contributed by atoms with Gasteiger partial charge in [0.25, 0.3) is 0 Å². The second-order valence-electron chi connectivity index (χ2n) is 9.88. The van der Waals surface area contributed by atoms with Gasteiger partial charge in [0.2, 0.25) is 0 Å². The maximum Gasteiger partial charge on any atom is -0.0276 e. The van der Waals surface area contributed by atoms with Crippen molar-refractivity contribution < 1.29 is 34.0 Å². The van der Waals surface area contributed by atoms with Crippen LogP contribution in [0.2, 0.25) is 0 Å². The first kappa shape index (κ1) is 30.7. The summed E-state index contributed by atoms with van der Waals surface area (Å²) in [6.45, 7) is 8.82. The Morgan fingerprint density at radius 2 is 0.735 bits per heavy atom. The fraction of sp³-hybridized carbons (Fsp3) is 0.438. The van der Waals surface area contributed by atoms with Gasteiger partial charge in [0.1, 0.15) is 0 Å². The molecule has 0 heterocycles. The Bertz CT molecular complexity index is 869. The summed E-state index contributed by atoms with van der Waals surface area (Å²) in [5.74, 6) is 0. The third kappa shape index (κ3) is 10.9. The summed E-state index contributed by atoms with van der Waals surface area (Å²) < 4.78 is 0. The van der Waals surface area contributed by atoms with E-state index in [1.807, 2.05) is 0 Å². The monoisotopic (exact) mass is 584 g/mol. The van der Waals surface area contributed by atoms with Gasteiger partial charge in [-0.2, -0.15) is 0 Å². The van der Waals surface area contributed by atoms with Gasteiger partial charge in [-0.25, -0.2) is 0 Å². The third-order valence-corrected chi connectivity index (χ3v) is 6.50. The normalized spacial score (nSPS) is 10.5. The van der Waals surface area contributed by atoms with Gasteiger partial charge in [0.15, 0.2) is 0 Å². The minimum Gasteiger partial charge on any atom is -1.00 e. The molecule has 0 spiro atoms. The van der Waals surface area contributed by atoms with E-state index >= 15 is 0 Å². The third-order valence-electron chi connectivity index (χ3n) is 6.50. The Balaban J connectivity index is 0.00000289. The molecule has 0 aliphatic rings. The summed E-state index contributed by atoms with van der Waals surface area (Å²) in [4.78, 5) is 0. The standard InChI is InChI=1S/C32H42.2BrH/c1-25-19-26(2)22-29(21-25)13-7-5-9-15-31-17-11-12-18-32(31)16-10-6-8-14-30-23-27(3)20-28(4)24-30;;/h11-12,17-24H,5-10,13-16H2,1-4H3;2*1H/p-2. The Kier molecular flexibility index (Phi) is 14.7. The second-order valence-corrected chi connectivity index (χ2v) is 9.88. The maximum absolute atomic E-state index is 2.36. The maximum atomic E-state index is 2.36. The van der Waals surface area contributed by atoms with Crippen LogP contribution >= 0.6 is 0 Å². The van der Waals surface area contributed by atoms with Crippen LogP contribution in [0.5, 0.6) is 0 Å². The van der Waals surface area contributed by atoms with Crippen LogP contribution in [0, 0.1) is 27.7 Å². The lowest BCUT2D eigenvalue weighted by Gasteiger charge is -2.10. The van der Waals surface area contributed by atoms with Crippen LogP contribution in [0.4, 0.5) is 0 Å². The zero-order valence-electron chi connectivity index (χ0n) is 21.6. The van der Waals surface area contributed by atoms with E-state index in [0.29, 0.717) is 0 Å². The Morgan fingerprint density at radius 1 is 0.412 bits per heavy atom. The van der Waals surface area contributed by atoms with E-state index in [0.717, 1.165) is 0 Å². The number of aryl methyl sites for hydroxylation is 8. The highest BCUT2D eigenvalue weighted by atomic mass is 79.9. The Labute approximate surface area is 230 Å². The van der Waals surface area contributed by atoms with Crippen molar-refractivity contribution >= 4 is 0 Å². The SMILES string of the molecule is Cc1cc(C)cc(CCCCCc2ccccc2CCCCCc2cc(C)cc(C)c2)c1.[Br-].[Br-]. The first-order valence-electron chi connectivity index (χ1n) is 12.7. The fourth-order valence-electron chi connectivity index (χ4n) is 5.11. The van der Waals surface area contributed by atoms with Crippen molar-refractivity contribution in [2.45, 2.75) is 91.9 Å². The predicted molar refractivity (Wildman–Crippen MR) is 141 cm³/mol. The lowest BCUT2D eigenvalue weighted by atomic mass is 9.95. The molecule has 186 valence electrons. The molecular formula is C32H42Br2-2. The summed E-state index contributed by atoms with van der Waals surface area (Å²) in [5.41, 5.74) is 11.7. The largest absolute Gasteiger partial charge is 1.00 e. The Morgan fingerprint density at radius 3 is 1.09 bits per heavy atom. The van der Waals surface area contributed by atoms with E-state index in [2.05, 4.69) is 88.4 Å². The zero-order valence-corrected chi connectivity index (χ0v) is 24.8. The van der Waals surface area contributed by atoms with E-state index in [-0.39, 0.29) is 34.0 Å². The molecule has 0 nitrogen and oxygen atoms in total. The van der Waals surface area contributed by atoms with E-state index in [1.54, 1.807) is 11.1 Å². The first-order chi connectivity index (χ1) is 15.5. The highest BCUT2D eigenvalue weighted by Crippen LogP contribution is 2.18. The van der Waals surface area contributed by atoms with Crippen molar-refractivity contribution in [3.05, 3.63) is 105 Å². The number of benzene rings is 3. The van der Waals surface area contributed by atoms with Gasteiger partial charge in [0.05, 0.1) is 0 Å². The number of hydrogen-bond acceptors (Lipinski definition) is 0. The summed E-state index contributed by atoms with van der Waals surface area (Å²) in [5, 5.41) is 0. The molecule has 0 N–H and O–H groups in total. The van der Waals surface area contributed by atoms with E-state index < -0.39 is 0 Å². The molecule has 3 aromatic carbocycles. The minimum atomic E-state index is 0. The van der Waals surface area contributed by atoms with Gasteiger partial charge in [0, 0.05) is 0 Å². The fourth-order valence-corrected chi connectivity index (χ4v) is 5.11. The molecule has 34 heavy (non-hydrogen) atoms. The lowest BCUT2D eigenvalue weighted by molar-refractivity contribution is -0.00100. The molecule has 0 amide bonds. The van der Waals surface area contributed by atoms with Crippen LogP contribution in [0.15, 0.2) is 60.7 Å². The molecule has 0 fully saturated rings. The van der Waals surface area contributed by atoms with E-state index in [1.165, 1.54) is 97.6 Å². The molecule has 0 aliphatic heterocycles. The lowest BCUT2D eigenvalue weighted by Crippen LogP contribution is -3.00. The van der Waals surface area contributed by atoms with Crippen molar-refractivity contribution in [1.29, 1.82) is 0 Å². The van der Waals surface area contributed by atoms with E-state index in [9.17, 15) is 0 Å². The van der Waals surface area contributed by atoms with Crippen LogP contribution in [0.1, 0.15) is 83.0 Å². The topological polar surface area (TPSA) is 0 Å². The summed E-state index contributed by atoms with van der Waals surface area (Å²) in [6, 6.07) is 23.1. The van der Waals surface area contributed by atoms with Crippen LogP contribution in [-0.2, 0) is 25.7 Å². The van der Waals surface area contributed by atoms with Gasteiger partial charge in [-0.3, -0.25) is 0 Å². The Hall–Kier alpha value is -1.38. The molecule has 3 rings (SSSR count). The molecule has 0 aliphatic carbocycles.